The number of hydrogen-bond donors (Lipinski definition) is 2. The maximum atomic E-state index is 12.1. The van der Waals surface area contributed by atoms with Crippen molar-refractivity contribution in [2.75, 3.05) is 13.6 Å². The van der Waals surface area contributed by atoms with Crippen LogP contribution in [0.25, 0.3) is 10.8 Å². The van der Waals surface area contributed by atoms with Crippen molar-refractivity contribution in [3.8, 4) is 0 Å². The quantitative estimate of drug-likeness (QED) is 0.674. The van der Waals surface area contributed by atoms with Gasteiger partial charge in [-0.05, 0) is 11.5 Å². The minimum Gasteiger partial charge on any atom is -0.356 e. The Labute approximate surface area is 126 Å². The van der Waals surface area contributed by atoms with Crippen molar-refractivity contribution in [3.63, 3.8) is 0 Å². The van der Waals surface area contributed by atoms with E-state index >= 15 is 0 Å². The Morgan fingerprint density at radius 2 is 1.95 bits per heavy atom. The van der Waals surface area contributed by atoms with Crippen molar-refractivity contribution in [1.82, 2.24) is 15.6 Å². The number of pyridine rings is 1. The van der Waals surface area contributed by atoms with Crippen LogP contribution >= 0.6 is 0 Å². The summed E-state index contributed by atoms with van der Waals surface area (Å²) >= 11 is 0. The molecule has 2 aromatic rings. The Bertz CT molecular complexity index is 647. The van der Waals surface area contributed by atoms with Gasteiger partial charge in [0.25, 0.3) is 0 Å². The van der Waals surface area contributed by atoms with Gasteiger partial charge < -0.3 is 10.6 Å². The molecule has 0 aliphatic heterocycles. The first-order valence-corrected chi connectivity index (χ1v) is 6.83. The number of alkyl halides is 3. The monoisotopic (exact) mass is 310 g/mol. The van der Waals surface area contributed by atoms with Crippen molar-refractivity contribution in [2.24, 2.45) is 4.99 Å². The molecule has 0 radical (unpaired) electrons. The molecule has 0 spiro atoms. The van der Waals surface area contributed by atoms with Gasteiger partial charge >= 0.3 is 6.18 Å². The van der Waals surface area contributed by atoms with E-state index in [1.165, 1.54) is 7.05 Å². The van der Waals surface area contributed by atoms with Crippen LogP contribution in [0.3, 0.4) is 0 Å². The lowest BCUT2D eigenvalue weighted by molar-refractivity contribution is -0.132. The summed E-state index contributed by atoms with van der Waals surface area (Å²) in [5, 5.41) is 7.68. The third-order valence-electron chi connectivity index (χ3n) is 3.10. The first-order valence-electron chi connectivity index (χ1n) is 6.83. The highest BCUT2D eigenvalue weighted by molar-refractivity contribution is 5.85. The van der Waals surface area contributed by atoms with Gasteiger partial charge in [0.05, 0.1) is 18.7 Å². The number of aliphatic imine (C=N–C) groups is 1. The number of benzene rings is 1. The molecule has 118 valence electrons. The molecule has 0 unspecified atom stereocenters. The normalized spacial score (nSPS) is 12.5. The van der Waals surface area contributed by atoms with E-state index in [-0.39, 0.29) is 6.54 Å². The summed E-state index contributed by atoms with van der Waals surface area (Å²) in [7, 11) is 1.51. The second-order valence-corrected chi connectivity index (χ2v) is 4.70. The second kappa shape index (κ2) is 7.11. The molecule has 0 saturated heterocycles. The van der Waals surface area contributed by atoms with Crippen molar-refractivity contribution >= 4 is 16.7 Å². The highest BCUT2D eigenvalue weighted by Crippen LogP contribution is 2.18. The average molecular weight is 310 g/mol. The molecular formula is C15H17F3N4. The summed E-state index contributed by atoms with van der Waals surface area (Å²) in [6.07, 6.45) is -3.37. The molecule has 4 nitrogen and oxygen atoms in total. The molecular weight excluding hydrogens is 293 g/mol. The van der Waals surface area contributed by atoms with Crippen LogP contribution < -0.4 is 10.6 Å². The Kier molecular flexibility index (Phi) is 5.19. The van der Waals surface area contributed by atoms with Crippen LogP contribution in [0.15, 0.2) is 41.5 Å². The van der Waals surface area contributed by atoms with Crippen molar-refractivity contribution in [2.45, 2.75) is 19.1 Å². The van der Waals surface area contributed by atoms with E-state index in [4.69, 9.17) is 0 Å². The molecule has 0 aliphatic rings. The predicted molar refractivity (Wildman–Crippen MR) is 80.6 cm³/mol. The number of rotatable bonds is 4. The molecule has 2 N–H and O–H groups in total. The lowest BCUT2D eigenvalue weighted by Crippen LogP contribution is -2.38. The molecule has 0 aliphatic carbocycles. The molecule has 1 aromatic heterocycles. The van der Waals surface area contributed by atoms with Gasteiger partial charge in [-0.3, -0.25) is 9.98 Å². The maximum absolute atomic E-state index is 12.1. The molecule has 0 fully saturated rings. The van der Waals surface area contributed by atoms with Gasteiger partial charge in [-0.15, -0.1) is 0 Å². The van der Waals surface area contributed by atoms with Crippen molar-refractivity contribution in [3.05, 3.63) is 42.2 Å². The first kappa shape index (κ1) is 16.1. The maximum Gasteiger partial charge on any atom is 0.390 e. The van der Waals surface area contributed by atoms with Crippen LogP contribution in [0.1, 0.15) is 12.1 Å². The van der Waals surface area contributed by atoms with Crippen LogP contribution in [0.5, 0.6) is 0 Å². The highest BCUT2D eigenvalue weighted by atomic mass is 19.4. The Morgan fingerprint density at radius 3 is 2.68 bits per heavy atom. The second-order valence-electron chi connectivity index (χ2n) is 4.70. The zero-order chi connectivity index (χ0) is 16.0. The molecule has 0 bridgehead atoms. The van der Waals surface area contributed by atoms with E-state index in [1.807, 2.05) is 30.3 Å². The predicted octanol–water partition coefficient (Wildman–Crippen LogP) is 2.85. The number of nitrogens with zero attached hydrogens (tertiary/aromatic N) is 2. The fourth-order valence-electron chi connectivity index (χ4n) is 2.03. The largest absolute Gasteiger partial charge is 0.390 e. The zero-order valence-corrected chi connectivity index (χ0v) is 12.1. The number of nitrogens with one attached hydrogen (secondary N) is 2. The molecule has 0 saturated carbocycles. The Morgan fingerprint density at radius 1 is 1.18 bits per heavy atom. The molecule has 22 heavy (non-hydrogen) atoms. The molecule has 0 amide bonds. The average Bonchev–Trinajstić information content (AvgIpc) is 2.49. The van der Waals surface area contributed by atoms with Gasteiger partial charge in [0, 0.05) is 25.2 Å². The smallest absolute Gasteiger partial charge is 0.356 e. The van der Waals surface area contributed by atoms with Crippen LogP contribution in [0.4, 0.5) is 13.2 Å². The summed E-state index contributed by atoms with van der Waals surface area (Å²) < 4.78 is 36.4. The van der Waals surface area contributed by atoms with E-state index in [9.17, 15) is 13.2 Å². The van der Waals surface area contributed by atoms with Gasteiger partial charge in [0.2, 0.25) is 0 Å². The van der Waals surface area contributed by atoms with Gasteiger partial charge in [-0.25, -0.2) is 0 Å². The lowest BCUT2D eigenvalue weighted by Gasteiger charge is -2.13. The summed E-state index contributed by atoms with van der Waals surface area (Å²) in [4.78, 5) is 8.21. The van der Waals surface area contributed by atoms with E-state index in [0.717, 1.165) is 16.5 Å². The fraction of sp³-hybridized carbons (Fsp3) is 0.333. The van der Waals surface area contributed by atoms with Crippen LogP contribution in [-0.2, 0) is 6.54 Å². The topological polar surface area (TPSA) is 49.3 Å². The molecule has 1 aromatic carbocycles. The highest BCUT2D eigenvalue weighted by Gasteiger charge is 2.26. The SMILES string of the molecule is CN=C(NCCC(F)(F)F)NCc1nccc2ccccc12. The van der Waals surface area contributed by atoms with E-state index in [0.29, 0.717) is 12.5 Å². The number of fused-ring (bicyclic) bond motifs is 1. The van der Waals surface area contributed by atoms with Crippen LogP contribution in [0, 0.1) is 0 Å². The molecule has 2 rings (SSSR count). The summed E-state index contributed by atoms with van der Waals surface area (Å²) in [6, 6.07) is 9.71. The van der Waals surface area contributed by atoms with Gasteiger partial charge in [0.15, 0.2) is 5.96 Å². The standard InChI is InChI=1S/C15H17F3N4/c1-19-14(21-9-7-15(16,17)18)22-10-13-12-5-3-2-4-11(12)6-8-20-13/h2-6,8H,7,9-10H2,1H3,(H2,19,21,22). The molecule has 0 atom stereocenters. The number of guanidine groups is 1. The fourth-order valence-corrected chi connectivity index (χ4v) is 2.03. The summed E-state index contributed by atoms with van der Waals surface area (Å²) in [5.74, 6) is 0.319. The number of halogens is 3. The van der Waals surface area contributed by atoms with Crippen LogP contribution in [0.2, 0.25) is 0 Å². The third-order valence-corrected chi connectivity index (χ3v) is 3.10. The van der Waals surface area contributed by atoms with E-state index in [2.05, 4.69) is 20.6 Å². The van der Waals surface area contributed by atoms with E-state index in [1.54, 1.807) is 6.20 Å². The van der Waals surface area contributed by atoms with Gasteiger partial charge in [0.1, 0.15) is 0 Å². The lowest BCUT2D eigenvalue weighted by atomic mass is 10.1. The van der Waals surface area contributed by atoms with E-state index < -0.39 is 12.6 Å². The van der Waals surface area contributed by atoms with Gasteiger partial charge in [-0.2, -0.15) is 13.2 Å². The summed E-state index contributed by atoms with van der Waals surface area (Å²) in [6.45, 7) is 0.166. The zero-order valence-electron chi connectivity index (χ0n) is 12.1. The number of aromatic nitrogens is 1. The number of hydrogen-bond acceptors (Lipinski definition) is 2. The minimum absolute atomic E-state index is 0.216. The van der Waals surface area contributed by atoms with Crippen LogP contribution in [-0.4, -0.2) is 30.7 Å². The molecule has 1 heterocycles. The summed E-state index contributed by atoms with van der Waals surface area (Å²) in [5.41, 5.74) is 0.817. The molecule has 7 heteroatoms. The van der Waals surface area contributed by atoms with Crippen molar-refractivity contribution < 1.29 is 13.2 Å². The van der Waals surface area contributed by atoms with Crippen molar-refractivity contribution in [1.29, 1.82) is 0 Å². The van der Waals surface area contributed by atoms with Gasteiger partial charge in [-0.1, -0.05) is 24.3 Å². The Hall–Kier alpha value is -2.31. The third kappa shape index (κ3) is 4.61. The Balaban J connectivity index is 1.95. The first-order chi connectivity index (χ1) is 10.5. The minimum atomic E-state index is -4.18.